The van der Waals surface area contributed by atoms with Gasteiger partial charge in [-0.05, 0) is 26.0 Å². The number of rotatable bonds is 6. The lowest BCUT2D eigenvalue weighted by Gasteiger charge is -2.18. The first-order chi connectivity index (χ1) is 9.53. The van der Waals surface area contributed by atoms with Gasteiger partial charge in [-0.3, -0.25) is 15.1 Å². The van der Waals surface area contributed by atoms with E-state index in [2.05, 4.69) is 0 Å². The van der Waals surface area contributed by atoms with Gasteiger partial charge in [-0.25, -0.2) is 0 Å². The Morgan fingerprint density at radius 3 is 2.45 bits per heavy atom. The van der Waals surface area contributed by atoms with Crippen molar-refractivity contribution in [3.05, 3.63) is 35.3 Å². The number of amides is 1. The maximum atomic E-state index is 11.7. The lowest BCUT2D eigenvalue weighted by Crippen LogP contribution is -2.30. The molecule has 20 heavy (non-hydrogen) atoms. The Morgan fingerprint density at radius 2 is 2.00 bits per heavy atom. The number of hydrogen-bond acceptors (Lipinski definition) is 4. The van der Waals surface area contributed by atoms with E-state index in [9.17, 15) is 4.79 Å². The molecule has 0 spiro atoms. The third-order valence-corrected chi connectivity index (χ3v) is 3.26. The van der Waals surface area contributed by atoms with E-state index >= 15 is 0 Å². The van der Waals surface area contributed by atoms with Crippen LogP contribution in [-0.2, 0) is 14.3 Å². The summed E-state index contributed by atoms with van der Waals surface area (Å²) in [6.45, 7) is 4.08. The molecule has 1 aliphatic heterocycles. The van der Waals surface area contributed by atoms with Crippen LogP contribution in [0.25, 0.3) is 0 Å². The second kappa shape index (κ2) is 7.53. The van der Waals surface area contributed by atoms with Gasteiger partial charge >= 0.3 is 0 Å². The fourth-order valence-electron chi connectivity index (χ4n) is 1.88. The van der Waals surface area contributed by atoms with Crippen molar-refractivity contribution in [3.63, 3.8) is 0 Å². The minimum Gasteiger partial charge on any atom is -0.501 e. The van der Waals surface area contributed by atoms with Crippen molar-refractivity contribution in [3.8, 4) is 0 Å². The van der Waals surface area contributed by atoms with Gasteiger partial charge in [0.2, 0.25) is 5.91 Å². The molecule has 0 aromatic rings. The summed E-state index contributed by atoms with van der Waals surface area (Å²) in [5, 5.41) is 7.80. The van der Waals surface area contributed by atoms with E-state index in [-0.39, 0.29) is 5.91 Å². The summed E-state index contributed by atoms with van der Waals surface area (Å²) >= 11 is 0. The van der Waals surface area contributed by atoms with Crippen LogP contribution < -0.4 is 0 Å². The van der Waals surface area contributed by atoms with E-state index in [1.54, 1.807) is 14.2 Å². The number of nitrogens with one attached hydrogen (secondary N) is 1. The van der Waals surface area contributed by atoms with Crippen molar-refractivity contribution in [2.24, 2.45) is 0 Å². The van der Waals surface area contributed by atoms with Crippen LogP contribution in [0.2, 0.25) is 0 Å². The van der Waals surface area contributed by atoms with Gasteiger partial charge in [0.05, 0.1) is 26.5 Å². The van der Waals surface area contributed by atoms with E-state index in [1.807, 2.05) is 32.1 Å². The Hall–Kier alpha value is -2.04. The first-order valence-electron chi connectivity index (χ1n) is 6.53. The second-order valence-corrected chi connectivity index (χ2v) is 4.44. The first kappa shape index (κ1) is 16.0. The molecule has 110 valence electrons. The molecule has 0 aromatic carbocycles. The topological polar surface area (TPSA) is 62.6 Å². The molecule has 1 aliphatic rings. The van der Waals surface area contributed by atoms with E-state index in [4.69, 9.17) is 14.9 Å². The highest BCUT2D eigenvalue weighted by Crippen LogP contribution is 2.17. The van der Waals surface area contributed by atoms with Crippen molar-refractivity contribution in [2.75, 3.05) is 20.8 Å². The van der Waals surface area contributed by atoms with Gasteiger partial charge in [0.25, 0.3) is 0 Å². The van der Waals surface area contributed by atoms with E-state index in [1.165, 1.54) is 4.90 Å². The van der Waals surface area contributed by atoms with Crippen LogP contribution in [0.3, 0.4) is 0 Å². The number of amidine groups is 1. The number of nitrogens with zero attached hydrogens (tertiary/aromatic N) is 1. The fourth-order valence-corrected chi connectivity index (χ4v) is 1.88. The van der Waals surface area contributed by atoms with Gasteiger partial charge in [0.1, 0.15) is 11.6 Å². The third-order valence-electron chi connectivity index (χ3n) is 3.26. The molecule has 1 saturated heterocycles. The molecule has 0 saturated carbocycles. The van der Waals surface area contributed by atoms with Crippen LogP contribution in [0.1, 0.15) is 26.7 Å². The molecular formula is C15H22N2O3. The SMILES string of the molecule is C\C=C(/C=C\C(CN1C(=N)CCC1=O)=C(/C)OC)OC. The zero-order valence-electron chi connectivity index (χ0n) is 12.5. The molecule has 0 aromatic heterocycles. The number of carbonyl (C=O) groups excluding carboxylic acids is 1. The Balaban J connectivity index is 2.92. The summed E-state index contributed by atoms with van der Waals surface area (Å²) in [7, 11) is 3.19. The standard InChI is InChI=1S/C15H22N2O3/c1-5-13(20-4)7-6-12(11(2)19-3)10-17-14(16)8-9-15(17)18/h5-7,16H,8-10H2,1-4H3/b7-6-,12-11-,13-5+,16-14?. The smallest absolute Gasteiger partial charge is 0.228 e. The number of allylic oxidation sites excluding steroid dienone is 3. The molecule has 0 unspecified atom stereocenters. The normalized spacial score (nSPS) is 17.8. The maximum absolute atomic E-state index is 11.7. The average molecular weight is 278 g/mol. The summed E-state index contributed by atoms with van der Waals surface area (Å²) in [6.07, 6.45) is 6.46. The second-order valence-electron chi connectivity index (χ2n) is 4.44. The minimum absolute atomic E-state index is 0.0113. The van der Waals surface area contributed by atoms with Crippen molar-refractivity contribution in [2.45, 2.75) is 26.7 Å². The minimum atomic E-state index is -0.0113. The monoisotopic (exact) mass is 278 g/mol. The van der Waals surface area contributed by atoms with Crippen LogP contribution in [0, 0.1) is 5.41 Å². The molecule has 5 heteroatoms. The lowest BCUT2D eigenvalue weighted by molar-refractivity contribution is -0.125. The largest absolute Gasteiger partial charge is 0.501 e. The molecular weight excluding hydrogens is 256 g/mol. The Labute approximate surface area is 120 Å². The van der Waals surface area contributed by atoms with Crippen LogP contribution in [-0.4, -0.2) is 37.4 Å². The van der Waals surface area contributed by atoms with Gasteiger partial charge in [0.15, 0.2) is 0 Å². The molecule has 5 nitrogen and oxygen atoms in total. The number of carbonyl (C=O) groups is 1. The van der Waals surface area contributed by atoms with Crippen molar-refractivity contribution in [1.82, 2.24) is 4.90 Å². The molecule has 1 fully saturated rings. The molecule has 1 N–H and O–H groups in total. The van der Waals surface area contributed by atoms with Gasteiger partial charge in [0, 0.05) is 18.4 Å². The van der Waals surface area contributed by atoms with Gasteiger partial charge in [-0.15, -0.1) is 0 Å². The highest BCUT2D eigenvalue weighted by molar-refractivity contribution is 6.03. The summed E-state index contributed by atoms with van der Waals surface area (Å²) in [5.41, 5.74) is 0.851. The van der Waals surface area contributed by atoms with Gasteiger partial charge < -0.3 is 9.47 Å². The number of likely N-dealkylation sites (tertiary alicyclic amines) is 1. The lowest BCUT2D eigenvalue weighted by atomic mass is 10.2. The zero-order chi connectivity index (χ0) is 15.1. The van der Waals surface area contributed by atoms with Crippen LogP contribution >= 0.6 is 0 Å². The molecule has 1 rings (SSSR count). The summed E-state index contributed by atoms with van der Waals surface area (Å²) in [5.74, 6) is 1.81. The summed E-state index contributed by atoms with van der Waals surface area (Å²) in [6, 6.07) is 0. The molecule has 0 bridgehead atoms. The summed E-state index contributed by atoms with van der Waals surface area (Å²) in [4.78, 5) is 13.2. The van der Waals surface area contributed by atoms with Gasteiger partial charge in [-0.1, -0.05) is 6.08 Å². The Kier molecular flexibility index (Phi) is 6.03. The molecule has 0 aliphatic carbocycles. The van der Waals surface area contributed by atoms with E-state index in [0.29, 0.717) is 25.2 Å². The quantitative estimate of drug-likeness (QED) is 0.600. The highest BCUT2D eigenvalue weighted by atomic mass is 16.5. The number of ether oxygens (including phenoxy) is 2. The molecule has 1 heterocycles. The third kappa shape index (κ3) is 3.98. The van der Waals surface area contributed by atoms with E-state index < -0.39 is 0 Å². The van der Waals surface area contributed by atoms with Crippen molar-refractivity contribution >= 4 is 11.7 Å². The predicted molar refractivity (Wildman–Crippen MR) is 78.3 cm³/mol. The molecule has 0 radical (unpaired) electrons. The summed E-state index contributed by atoms with van der Waals surface area (Å²) < 4.78 is 10.4. The van der Waals surface area contributed by atoms with Crippen molar-refractivity contribution < 1.29 is 14.3 Å². The molecule has 0 atom stereocenters. The number of hydrogen-bond donors (Lipinski definition) is 1. The van der Waals surface area contributed by atoms with Crippen LogP contribution in [0.4, 0.5) is 0 Å². The van der Waals surface area contributed by atoms with E-state index in [0.717, 1.165) is 17.1 Å². The Morgan fingerprint density at radius 1 is 1.30 bits per heavy atom. The highest BCUT2D eigenvalue weighted by Gasteiger charge is 2.26. The zero-order valence-corrected chi connectivity index (χ0v) is 12.5. The maximum Gasteiger partial charge on any atom is 0.228 e. The predicted octanol–water partition coefficient (Wildman–Crippen LogP) is 2.61. The van der Waals surface area contributed by atoms with Crippen LogP contribution in [0.15, 0.2) is 35.3 Å². The average Bonchev–Trinajstić information content (AvgIpc) is 2.77. The first-order valence-corrected chi connectivity index (χ1v) is 6.53. The van der Waals surface area contributed by atoms with Gasteiger partial charge in [-0.2, -0.15) is 0 Å². The fraction of sp³-hybridized carbons (Fsp3) is 0.467. The van der Waals surface area contributed by atoms with Crippen LogP contribution in [0.5, 0.6) is 0 Å². The molecule has 1 amide bonds. The number of methoxy groups -OCH3 is 2. The Bertz CT molecular complexity index is 460. The van der Waals surface area contributed by atoms with Crippen molar-refractivity contribution in [1.29, 1.82) is 5.41 Å².